The first-order valence-electron chi connectivity index (χ1n) is 7.02. The first-order valence-corrected chi connectivity index (χ1v) is 7.02. The summed E-state index contributed by atoms with van der Waals surface area (Å²) in [4.78, 5) is 13.0. The molecule has 1 unspecified atom stereocenters. The number of benzene rings is 1. The molecule has 1 aliphatic heterocycles. The van der Waals surface area contributed by atoms with E-state index < -0.39 is 5.97 Å². The summed E-state index contributed by atoms with van der Waals surface area (Å²) in [5, 5.41) is 18.1. The number of ether oxygens (including phenoxy) is 1. The molecule has 2 rings (SSSR count). The van der Waals surface area contributed by atoms with Crippen LogP contribution in [0.15, 0.2) is 24.3 Å². The Kier molecular flexibility index (Phi) is 5.38. The Morgan fingerprint density at radius 3 is 2.70 bits per heavy atom. The third-order valence-corrected chi connectivity index (χ3v) is 3.71. The van der Waals surface area contributed by atoms with Crippen molar-refractivity contribution in [2.24, 2.45) is 0 Å². The van der Waals surface area contributed by atoms with Gasteiger partial charge in [0.05, 0.1) is 12.2 Å². The molecule has 5 nitrogen and oxygen atoms in total. The van der Waals surface area contributed by atoms with E-state index in [1.807, 2.05) is 0 Å². The van der Waals surface area contributed by atoms with E-state index in [1.165, 1.54) is 25.0 Å². The van der Waals surface area contributed by atoms with Crippen molar-refractivity contribution in [1.82, 2.24) is 4.90 Å². The molecule has 0 saturated carbocycles. The van der Waals surface area contributed by atoms with Crippen LogP contribution in [0.2, 0.25) is 0 Å². The van der Waals surface area contributed by atoms with Gasteiger partial charge in [-0.05, 0) is 43.7 Å². The lowest BCUT2D eigenvalue weighted by molar-refractivity contribution is 0.0697. The SMILES string of the molecule is O=C(O)c1ccc(OCCN2CCCCC2CO)cc1. The number of carboxylic acids is 1. The Hall–Kier alpha value is -1.59. The molecule has 1 heterocycles. The van der Waals surface area contributed by atoms with E-state index >= 15 is 0 Å². The van der Waals surface area contributed by atoms with Gasteiger partial charge < -0.3 is 14.9 Å². The Morgan fingerprint density at radius 1 is 1.30 bits per heavy atom. The molecule has 0 bridgehead atoms. The van der Waals surface area contributed by atoms with Gasteiger partial charge in [0.25, 0.3) is 0 Å². The summed E-state index contributed by atoms with van der Waals surface area (Å²) in [7, 11) is 0. The van der Waals surface area contributed by atoms with Gasteiger partial charge in [0.1, 0.15) is 12.4 Å². The molecule has 1 aromatic rings. The third-order valence-electron chi connectivity index (χ3n) is 3.71. The van der Waals surface area contributed by atoms with Gasteiger partial charge in [-0.3, -0.25) is 4.90 Å². The highest BCUT2D eigenvalue weighted by Crippen LogP contribution is 2.17. The van der Waals surface area contributed by atoms with Crippen LogP contribution >= 0.6 is 0 Å². The van der Waals surface area contributed by atoms with E-state index in [4.69, 9.17) is 9.84 Å². The van der Waals surface area contributed by atoms with Crippen molar-refractivity contribution in [3.05, 3.63) is 29.8 Å². The van der Waals surface area contributed by atoms with E-state index in [1.54, 1.807) is 12.1 Å². The standard InChI is InChI=1S/C15H21NO4/c17-11-13-3-1-2-8-16(13)9-10-20-14-6-4-12(5-7-14)15(18)19/h4-7,13,17H,1-3,8-11H2,(H,18,19). The molecule has 1 atom stereocenters. The Bertz CT molecular complexity index is 432. The number of aliphatic hydroxyl groups is 1. The molecule has 5 heteroatoms. The van der Waals surface area contributed by atoms with Crippen LogP contribution in [0.3, 0.4) is 0 Å². The topological polar surface area (TPSA) is 70.0 Å². The van der Waals surface area contributed by atoms with Crippen LogP contribution in [0, 0.1) is 0 Å². The Morgan fingerprint density at radius 2 is 2.05 bits per heavy atom. The zero-order chi connectivity index (χ0) is 14.4. The van der Waals surface area contributed by atoms with Gasteiger partial charge in [-0.1, -0.05) is 6.42 Å². The predicted octanol–water partition coefficient (Wildman–Crippen LogP) is 1.61. The zero-order valence-corrected chi connectivity index (χ0v) is 11.5. The normalized spacial score (nSPS) is 19.8. The number of nitrogens with zero attached hydrogens (tertiary/aromatic N) is 1. The molecule has 0 aliphatic carbocycles. The zero-order valence-electron chi connectivity index (χ0n) is 11.5. The first-order chi connectivity index (χ1) is 9.70. The number of piperidine rings is 1. The fourth-order valence-electron chi connectivity index (χ4n) is 2.54. The number of hydrogen-bond acceptors (Lipinski definition) is 4. The lowest BCUT2D eigenvalue weighted by Gasteiger charge is -2.34. The molecule has 20 heavy (non-hydrogen) atoms. The van der Waals surface area contributed by atoms with Crippen molar-refractivity contribution in [3.8, 4) is 5.75 Å². The van der Waals surface area contributed by atoms with Crippen LogP contribution in [-0.2, 0) is 0 Å². The van der Waals surface area contributed by atoms with Crippen LogP contribution in [0.4, 0.5) is 0 Å². The fourth-order valence-corrected chi connectivity index (χ4v) is 2.54. The van der Waals surface area contributed by atoms with E-state index in [0.29, 0.717) is 12.4 Å². The first kappa shape index (κ1) is 14.8. The summed E-state index contributed by atoms with van der Waals surface area (Å²) in [5.74, 6) is -0.261. The molecule has 1 fully saturated rings. The highest BCUT2D eigenvalue weighted by atomic mass is 16.5. The Labute approximate surface area is 118 Å². The Balaban J connectivity index is 1.78. The van der Waals surface area contributed by atoms with Gasteiger partial charge in [0.2, 0.25) is 0 Å². The number of rotatable bonds is 6. The van der Waals surface area contributed by atoms with Crippen molar-refractivity contribution in [3.63, 3.8) is 0 Å². The van der Waals surface area contributed by atoms with Crippen LogP contribution < -0.4 is 4.74 Å². The second-order valence-corrected chi connectivity index (χ2v) is 5.05. The molecule has 110 valence electrons. The summed E-state index contributed by atoms with van der Waals surface area (Å²) < 4.78 is 5.62. The van der Waals surface area contributed by atoms with Gasteiger partial charge in [-0.15, -0.1) is 0 Å². The summed E-state index contributed by atoms with van der Waals surface area (Å²) >= 11 is 0. The molecular formula is C15H21NO4. The highest BCUT2D eigenvalue weighted by molar-refractivity contribution is 5.87. The molecule has 0 amide bonds. The molecule has 1 saturated heterocycles. The lowest BCUT2D eigenvalue weighted by Crippen LogP contribution is -2.43. The third kappa shape index (κ3) is 3.95. The summed E-state index contributed by atoms with van der Waals surface area (Å²) in [5.41, 5.74) is 0.258. The summed E-state index contributed by atoms with van der Waals surface area (Å²) in [6.07, 6.45) is 3.40. The smallest absolute Gasteiger partial charge is 0.335 e. The van der Waals surface area contributed by atoms with Crippen LogP contribution in [0.25, 0.3) is 0 Å². The molecule has 0 spiro atoms. The quantitative estimate of drug-likeness (QED) is 0.828. The number of aliphatic hydroxyl groups excluding tert-OH is 1. The van der Waals surface area contributed by atoms with Crippen molar-refractivity contribution in [1.29, 1.82) is 0 Å². The predicted molar refractivity (Wildman–Crippen MR) is 75.2 cm³/mol. The van der Waals surface area contributed by atoms with Crippen molar-refractivity contribution in [2.45, 2.75) is 25.3 Å². The van der Waals surface area contributed by atoms with Gasteiger partial charge in [-0.25, -0.2) is 4.79 Å². The minimum Gasteiger partial charge on any atom is -0.492 e. The second-order valence-electron chi connectivity index (χ2n) is 5.05. The maximum absolute atomic E-state index is 10.7. The van der Waals surface area contributed by atoms with Gasteiger partial charge in [-0.2, -0.15) is 0 Å². The molecular weight excluding hydrogens is 258 g/mol. The van der Waals surface area contributed by atoms with Crippen molar-refractivity contribution in [2.75, 3.05) is 26.3 Å². The average molecular weight is 279 g/mol. The number of hydrogen-bond donors (Lipinski definition) is 2. The van der Waals surface area contributed by atoms with E-state index in [-0.39, 0.29) is 18.2 Å². The second kappa shape index (κ2) is 7.26. The number of carbonyl (C=O) groups is 1. The van der Waals surface area contributed by atoms with Gasteiger partial charge in [0, 0.05) is 12.6 Å². The molecule has 0 radical (unpaired) electrons. The van der Waals surface area contributed by atoms with E-state index in [2.05, 4.69) is 4.90 Å². The maximum atomic E-state index is 10.7. The van der Waals surface area contributed by atoms with Crippen LogP contribution in [0.5, 0.6) is 5.75 Å². The van der Waals surface area contributed by atoms with E-state index in [0.717, 1.165) is 19.5 Å². The maximum Gasteiger partial charge on any atom is 0.335 e. The van der Waals surface area contributed by atoms with Crippen molar-refractivity contribution < 1.29 is 19.7 Å². The number of carboxylic acid groups (broad SMARTS) is 1. The minimum absolute atomic E-state index is 0.202. The van der Waals surface area contributed by atoms with E-state index in [9.17, 15) is 9.90 Å². The minimum atomic E-state index is -0.935. The largest absolute Gasteiger partial charge is 0.492 e. The van der Waals surface area contributed by atoms with Gasteiger partial charge >= 0.3 is 5.97 Å². The lowest BCUT2D eigenvalue weighted by atomic mass is 10.0. The molecule has 2 N–H and O–H groups in total. The highest BCUT2D eigenvalue weighted by Gasteiger charge is 2.20. The molecule has 1 aromatic carbocycles. The number of aromatic carboxylic acids is 1. The molecule has 0 aromatic heterocycles. The monoisotopic (exact) mass is 279 g/mol. The van der Waals surface area contributed by atoms with Gasteiger partial charge in [0.15, 0.2) is 0 Å². The summed E-state index contributed by atoms with van der Waals surface area (Å²) in [6.45, 7) is 2.54. The average Bonchev–Trinajstić information content (AvgIpc) is 2.48. The fraction of sp³-hybridized carbons (Fsp3) is 0.533. The number of likely N-dealkylation sites (tertiary alicyclic amines) is 1. The molecule has 1 aliphatic rings. The summed E-state index contributed by atoms with van der Waals surface area (Å²) in [6, 6.07) is 6.66. The van der Waals surface area contributed by atoms with Crippen LogP contribution in [-0.4, -0.2) is 53.4 Å². The van der Waals surface area contributed by atoms with Crippen molar-refractivity contribution >= 4 is 5.97 Å². The van der Waals surface area contributed by atoms with Crippen LogP contribution in [0.1, 0.15) is 29.6 Å².